The number of rotatable bonds is 2. The van der Waals surface area contributed by atoms with Crippen LogP contribution >= 0.6 is 0 Å². The van der Waals surface area contributed by atoms with Gasteiger partial charge in [-0.3, -0.25) is 0 Å². The van der Waals surface area contributed by atoms with Gasteiger partial charge in [-0.15, -0.1) is 0 Å². The lowest BCUT2D eigenvalue weighted by molar-refractivity contribution is 0.310. The molecule has 1 aliphatic rings. The number of aromatic nitrogens is 1. The van der Waals surface area contributed by atoms with E-state index >= 15 is 0 Å². The van der Waals surface area contributed by atoms with Gasteiger partial charge in [-0.1, -0.05) is 13.8 Å². The fourth-order valence-electron chi connectivity index (χ4n) is 2.49. The highest BCUT2D eigenvalue weighted by molar-refractivity contribution is 5.40. The molecular weight excluding hydrogens is 196 g/mol. The molecule has 0 unspecified atom stereocenters. The standard InChI is InChI=1S/C14H22N2/c1-11(2)13-5-8-16(9-6-13)14-10-12(3)4-7-15-14/h4,7,10-11,13H,5-6,8-9H2,1-3H3. The van der Waals surface area contributed by atoms with Crippen molar-refractivity contribution in [3.8, 4) is 0 Å². The Morgan fingerprint density at radius 2 is 2.00 bits per heavy atom. The summed E-state index contributed by atoms with van der Waals surface area (Å²) in [5.41, 5.74) is 1.30. The van der Waals surface area contributed by atoms with E-state index in [2.05, 4.69) is 42.8 Å². The quantitative estimate of drug-likeness (QED) is 0.757. The van der Waals surface area contributed by atoms with Gasteiger partial charge in [0.1, 0.15) is 5.82 Å². The third-order valence-electron chi connectivity index (χ3n) is 3.71. The predicted molar refractivity (Wildman–Crippen MR) is 68.7 cm³/mol. The minimum Gasteiger partial charge on any atom is -0.357 e. The minimum absolute atomic E-state index is 0.826. The molecular formula is C14H22N2. The van der Waals surface area contributed by atoms with Crippen molar-refractivity contribution in [2.45, 2.75) is 33.6 Å². The molecule has 16 heavy (non-hydrogen) atoms. The van der Waals surface area contributed by atoms with Crippen LogP contribution in [0, 0.1) is 18.8 Å². The largest absolute Gasteiger partial charge is 0.357 e. The fraction of sp³-hybridized carbons (Fsp3) is 0.643. The number of hydrogen-bond acceptors (Lipinski definition) is 2. The van der Waals surface area contributed by atoms with Crippen LogP contribution in [0.2, 0.25) is 0 Å². The van der Waals surface area contributed by atoms with Gasteiger partial charge in [0.15, 0.2) is 0 Å². The zero-order valence-electron chi connectivity index (χ0n) is 10.6. The van der Waals surface area contributed by atoms with E-state index in [1.54, 1.807) is 0 Å². The Kier molecular flexibility index (Phi) is 3.47. The summed E-state index contributed by atoms with van der Waals surface area (Å²) in [6.45, 7) is 9.14. The second-order valence-electron chi connectivity index (χ2n) is 5.26. The molecule has 88 valence electrons. The maximum absolute atomic E-state index is 4.46. The van der Waals surface area contributed by atoms with Gasteiger partial charge in [0.2, 0.25) is 0 Å². The van der Waals surface area contributed by atoms with Crippen molar-refractivity contribution in [3.63, 3.8) is 0 Å². The maximum atomic E-state index is 4.46. The molecule has 0 bridgehead atoms. The molecule has 0 spiro atoms. The lowest BCUT2D eigenvalue weighted by atomic mass is 9.87. The first-order valence-electron chi connectivity index (χ1n) is 6.34. The number of aryl methyl sites for hydroxylation is 1. The highest BCUT2D eigenvalue weighted by atomic mass is 15.2. The van der Waals surface area contributed by atoms with Gasteiger partial charge in [-0.25, -0.2) is 4.98 Å². The molecule has 0 saturated carbocycles. The molecule has 2 heteroatoms. The smallest absolute Gasteiger partial charge is 0.128 e. The van der Waals surface area contributed by atoms with Gasteiger partial charge in [-0.2, -0.15) is 0 Å². The molecule has 0 aromatic carbocycles. The van der Waals surface area contributed by atoms with Crippen molar-refractivity contribution in [1.29, 1.82) is 0 Å². The summed E-state index contributed by atoms with van der Waals surface area (Å²) in [6, 6.07) is 4.25. The van der Waals surface area contributed by atoms with Crippen molar-refractivity contribution in [3.05, 3.63) is 23.9 Å². The summed E-state index contributed by atoms with van der Waals surface area (Å²) in [5, 5.41) is 0. The summed E-state index contributed by atoms with van der Waals surface area (Å²) in [6.07, 6.45) is 4.54. The van der Waals surface area contributed by atoms with E-state index in [-0.39, 0.29) is 0 Å². The Bertz CT molecular complexity index is 338. The monoisotopic (exact) mass is 218 g/mol. The highest BCUT2D eigenvalue weighted by Crippen LogP contribution is 2.26. The van der Waals surface area contributed by atoms with Crippen molar-refractivity contribution < 1.29 is 0 Å². The first kappa shape index (κ1) is 11.4. The zero-order valence-corrected chi connectivity index (χ0v) is 10.6. The zero-order chi connectivity index (χ0) is 11.5. The van der Waals surface area contributed by atoms with E-state index in [0.717, 1.165) is 17.7 Å². The third-order valence-corrected chi connectivity index (χ3v) is 3.71. The first-order chi connectivity index (χ1) is 7.66. The van der Waals surface area contributed by atoms with Gasteiger partial charge in [-0.05, 0) is 49.3 Å². The third kappa shape index (κ3) is 2.55. The van der Waals surface area contributed by atoms with Crippen LogP contribution in [-0.4, -0.2) is 18.1 Å². The van der Waals surface area contributed by atoms with Gasteiger partial charge in [0, 0.05) is 19.3 Å². The van der Waals surface area contributed by atoms with Crippen LogP contribution in [0.15, 0.2) is 18.3 Å². The lowest BCUT2D eigenvalue weighted by Crippen LogP contribution is -2.35. The van der Waals surface area contributed by atoms with Crippen LogP contribution in [0.5, 0.6) is 0 Å². The molecule has 0 atom stereocenters. The van der Waals surface area contributed by atoms with E-state index < -0.39 is 0 Å². The second-order valence-corrected chi connectivity index (χ2v) is 5.26. The van der Waals surface area contributed by atoms with Gasteiger partial charge >= 0.3 is 0 Å². The van der Waals surface area contributed by atoms with Crippen LogP contribution in [-0.2, 0) is 0 Å². The first-order valence-corrected chi connectivity index (χ1v) is 6.34. The Hall–Kier alpha value is -1.05. The average Bonchev–Trinajstić information content (AvgIpc) is 2.29. The topological polar surface area (TPSA) is 16.1 Å². The molecule has 2 nitrogen and oxygen atoms in total. The number of pyridine rings is 1. The van der Waals surface area contributed by atoms with Gasteiger partial charge in [0.05, 0.1) is 0 Å². The molecule has 0 N–H and O–H groups in total. The van der Waals surface area contributed by atoms with Crippen LogP contribution in [0.3, 0.4) is 0 Å². The molecule has 2 rings (SSSR count). The molecule has 0 radical (unpaired) electrons. The molecule has 2 heterocycles. The van der Waals surface area contributed by atoms with E-state index in [1.165, 1.54) is 31.5 Å². The van der Waals surface area contributed by atoms with Crippen LogP contribution in [0.4, 0.5) is 5.82 Å². The summed E-state index contributed by atoms with van der Waals surface area (Å²) >= 11 is 0. The Morgan fingerprint density at radius 3 is 2.56 bits per heavy atom. The lowest BCUT2D eigenvalue weighted by Gasteiger charge is -2.34. The van der Waals surface area contributed by atoms with E-state index in [1.807, 2.05) is 6.20 Å². The van der Waals surface area contributed by atoms with E-state index in [4.69, 9.17) is 0 Å². The Labute approximate surface area is 98.7 Å². The number of piperidine rings is 1. The number of nitrogens with zero attached hydrogens (tertiary/aromatic N) is 2. The molecule has 0 aliphatic carbocycles. The molecule has 1 aliphatic heterocycles. The van der Waals surface area contributed by atoms with Crippen molar-refractivity contribution in [2.75, 3.05) is 18.0 Å². The molecule has 0 amide bonds. The van der Waals surface area contributed by atoms with E-state index in [0.29, 0.717) is 0 Å². The minimum atomic E-state index is 0.826. The van der Waals surface area contributed by atoms with Crippen molar-refractivity contribution in [2.24, 2.45) is 11.8 Å². The van der Waals surface area contributed by atoms with Crippen LogP contribution < -0.4 is 4.90 Å². The molecule has 1 aromatic rings. The van der Waals surface area contributed by atoms with E-state index in [9.17, 15) is 0 Å². The summed E-state index contributed by atoms with van der Waals surface area (Å²) in [7, 11) is 0. The van der Waals surface area contributed by atoms with Gasteiger partial charge in [0.25, 0.3) is 0 Å². The fourth-order valence-corrected chi connectivity index (χ4v) is 2.49. The maximum Gasteiger partial charge on any atom is 0.128 e. The number of hydrogen-bond donors (Lipinski definition) is 0. The second kappa shape index (κ2) is 4.86. The van der Waals surface area contributed by atoms with Crippen molar-refractivity contribution in [1.82, 2.24) is 4.98 Å². The average molecular weight is 218 g/mol. The molecule has 1 saturated heterocycles. The predicted octanol–water partition coefficient (Wildman–Crippen LogP) is 3.26. The Morgan fingerprint density at radius 1 is 1.31 bits per heavy atom. The summed E-state index contributed by atoms with van der Waals surface area (Å²) in [5.74, 6) is 2.89. The van der Waals surface area contributed by atoms with Crippen LogP contribution in [0.25, 0.3) is 0 Å². The molecule has 1 aromatic heterocycles. The Balaban J connectivity index is 1.99. The van der Waals surface area contributed by atoms with Gasteiger partial charge < -0.3 is 4.90 Å². The van der Waals surface area contributed by atoms with Crippen molar-refractivity contribution >= 4 is 5.82 Å². The highest BCUT2D eigenvalue weighted by Gasteiger charge is 2.22. The SMILES string of the molecule is Cc1ccnc(N2CCC(C(C)C)CC2)c1. The normalized spacial score (nSPS) is 18.1. The summed E-state index contributed by atoms with van der Waals surface area (Å²) < 4.78 is 0. The summed E-state index contributed by atoms with van der Waals surface area (Å²) in [4.78, 5) is 6.88. The van der Waals surface area contributed by atoms with Crippen LogP contribution in [0.1, 0.15) is 32.3 Å². The number of anilines is 1. The molecule has 1 fully saturated rings.